The predicted molar refractivity (Wildman–Crippen MR) is 57.2 cm³/mol. The Morgan fingerprint density at radius 1 is 1.08 bits per heavy atom. The summed E-state index contributed by atoms with van der Waals surface area (Å²) >= 11 is 0. The van der Waals surface area contributed by atoms with Crippen LogP contribution in [-0.4, -0.2) is 5.84 Å². The number of hydrogen-bond acceptors (Lipinski definition) is 1. The normalized spacial score (nSPS) is 9.08. The van der Waals surface area contributed by atoms with E-state index in [4.69, 9.17) is 11.1 Å². The molecule has 12 heavy (non-hydrogen) atoms. The molecule has 0 bridgehead atoms. The molecular formula is C9H21ClN2. The number of halogens is 1. The van der Waals surface area contributed by atoms with Gasteiger partial charge in [-0.15, -0.1) is 12.4 Å². The maximum Gasteiger partial charge on any atom is 0.0905 e. The summed E-state index contributed by atoms with van der Waals surface area (Å²) in [5, 5.41) is 6.99. The van der Waals surface area contributed by atoms with Gasteiger partial charge in [0.2, 0.25) is 0 Å². The SMILES string of the molecule is CCCCCCCCC(=N)N.Cl. The van der Waals surface area contributed by atoms with Crippen LogP contribution in [0.4, 0.5) is 0 Å². The van der Waals surface area contributed by atoms with Crippen LogP contribution in [0.3, 0.4) is 0 Å². The second kappa shape index (κ2) is 10.8. The Hall–Kier alpha value is -0.240. The number of hydrogen-bond donors (Lipinski definition) is 2. The Morgan fingerprint density at radius 3 is 2.08 bits per heavy atom. The molecule has 0 saturated heterocycles. The van der Waals surface area contributed by atoms with Crippen molar-refractivity contribution in [1.82, 2.24) is 0 Å². The molecule has 0 unspecified atom stereocenters. The Morgan fingerprint density at radius 2 is 1.58 bits per heavy atom. The predicted octanol–water partition coefficient (Wildman–Crippen LogP) is 3.09. The largest absolute Gasteiger partial charge is 0.388 e. The third-order valence-corrected chi connectivity index (χ3v) is 1.80. The van der Waals surface area contributed by atoms with Crippen molar-refractivity contribution in [1.29, 1.82) is 5.41 Å². The average Bonchev–Trinajstić information content (AvgIpc) is 1.96. The van der Waals surface area contributed by atoms with Crippen molar-refractivity contribution in [3.05, 3.63) is 0 Å². The molecule has 2 nitrogen and oxygen atoms in total. The van der Waals surface area contributed by atoms with E-state index in [2.05, 4.69) is 6.92 Å². The lowest BCUT2D eigenvalue weighted by Crippen LogP contribution is -2.08. The Kier molecular flexibility index (Phi) is 12.8. The van der Waals surface area contributed by atoms with E-state index < -0.39 is 0 Å². The van der Waals surface area contributed by atoms with Crippen molar-refractivity contribution in [2.75, 3.05) is 0 Å². The first-order chi connectivity index (χ1) is 5.27. The topological polar surface area (TPSA) is 49.9 Å². The van der Waals surface area contributed by atoms with Crippen LogP contribution in [0.25, 0.3) is 0 Å². The average molecular weight is 193 g/mol. The molecule has 0 spiro atoms. The third-order valence-electron chi connectivity index (χ3n) is 1.80. The maximum atomic E-state index is 6.99. The highest BCUT2D eigenvalue weighted by molar-refractivity contribution is 5.85. The fourth-order valence-electron chi connectivity index (χ4n) is 1.10. The number of unbranched alkanes of at least 4 members (excludes halogenated alkanes) is 5. The summed E-state index contributed by atoms with van der Waals surface area (Å²) in [5.41, 5.74) is 5.22. The van der Waals surface area contributed by atoms with Gasteiger partial charge in [0, 0.05) is 6.42 Å². The van der Waals surface area contributed by atoms with Gasteiger partial charge in [-0.2, -0.15) is 0 Å². The van der Waals surface area contributed by atoms with Crippen LogP contribution >= 0.6 is 12.4 Å². The maximum absolute atomic E-state index is 6.99. The quantitative estimate of drug-likeness (QED) is 0.364. The van der Waals surface area contributed by atoms with E-state index >= 15 is 0 Å². The molecule has 74 valence electrons. The minimum atomic E-state index is 0. The van der Waals surface area contributed by atoms with Gasteiger partial charge in [-0.1, -0.05) is 39.0 Å². The van der Waals surface area contributed by atoms with Crippen molar-refractivity contribution in [2.24, 2.45) is 5.73 Å². The van der Waals surface area contributed by atoms with Gasteiger partial charge >= 0.3 is 0 Å². The summed E-state index contributed by atoms with van der Waals surface area (Å²) in [6.45, 7) is 2.22. The fourth-order valence-corrected chi connectivity index (χ4v) is 1.10. The smallest absolute Gasteiger partial charge is 0.0905 e. The van der Waals surface area contributed by atoms with Gasteiger partial charge < -0.3 is 5.73 Å². The van der Waals surface area contributed by atoms with Crippen molar-refractivity contribution >= 4 is 18.2 Å². The molecule has 3 N–H and O–H groups in total. The van der Waals surface area contributed by atoms with Gasteiger partial charge in [-0.25, -0.2) is 0 Å². The molecule has 0 atom stereocenters. The van der Waals surface area contributed by atoms with Crippen LogP contribution in [0.1, 0.15) is 51.9 Å². The fraction of sp³-hybridized carbons (Fsp3) is 0.889. The first-order valence-corrected chi connectivity index (χ1v) is 4.60. The van der Waals surface area contributed by atoms with Crippen LogP contribution in [-0.2, 0) is 0 Å². The highest BCUT2D eigenvalue weighted by Crippen LogP contribution is 2.06. The third kappa shape index (κ3) is 12.4. The Balaban J connectivity index is 0. The van der Waals surface area contributed by atoms with Gasteiger partial charge in [0.1, 0.15) is 0 Å². The highest BCUT2D eigenvalue weighted by Gasteiger charge is 1.91. The number of nitrogens with one attached hydrogen (secondary N) is 1. The molecule has 0 amide bonds. The van der Waals surface area contributed by atoms with E-state index in [1.54, 1.807) is 0 Å². The Bertz CT molecular complexity index is 105. The lowest BCUT2D eigenvalue weighted by molar-refractivity contribution is 0.614. The van der Waals surface area contributed by atoms with Crippen molar-refractivity contribution in [3.8, 4) is 0 Å². The minimum absolute atomic E-state index is 0. The van der Waals surface area contributed by atoms with Gasteiger partial charge in [-0.05, 0) is 6.42 Å². The van der Waals surface area contributed by atoms with E-state index in [1.165, 1.54) is 32.1 Å². The molecule has 0 fully saturated rings. The monoisotopic (exact) mass is 192 g/mol. The van der Waals surface area contributed by atoms with Gasteiger partial charge in [-0.3, -0.25) is 5.41 Å². The van der Waals surface area contributed by atoms with Crippen LogP contribution in [0.5, 0.6) is 0 Å². The zero-order chi connectivity index (χ0) is 8.53. The molecule has 0 rings (SSSR count). The zero-order valence-electron chi connectivity index (χ0n) is 7.94. The molecule has 0 aromatic carbocycles. The van der Waals surface area contributed by atoms with Crippen LogP contribution < -0.4 is 5.73 Å². The van der Waals surface area contributed by atoms with Crippen molar-refractivity contribution in [3.63, 3.8) is 0 Å². The van der Waals surface area contributed by atoms with Gasteiger partial charge in [0.15, 0.2) is 0 Å². The van der Waals surface area contributed by atoms with Crippen molar-refractivity contribution in [2.45, 2.75) is 51.9 Å². The van der Waals surface area contributed by atoms with E-state index in [0.717, 1.165) is 12.8 Å². The highest BCUT2D eigenvalue weighted by atomic mass is 35.5. The van der Waals surface area contributed by atoms with E-state index in [-0.39, 0.29) is 12.4 Å². The lowest BCUT2D eigenvalue weighted by atomic mass is 10.1. The second-order valence-electron chi connectivity index (χ2n) is 3.04. The van der Waals surface area contributed by atoms with E-state index in [9.17, 15) is 0 Å². The van der Waals surface area contributed by atoms with Gasteiger partial charge in [0.05, 0.1) is 5.84 Å². The number of rotatable bonds is 7. The number of amidine groups is 1. The standard InChI is InChI=1S/C9H20N2.ClH/c1-2-3-4-5-6-7-8-9(10)11;/h2-8H2,1H3,(H3,10,11);1H. The molecule has 0 saturated carbocycles. The summed E-state index contributed by atoms with van der Waals surface area (Å²) in [6, 6.07) is 0. The summed E-state index contributed by atoms with van der Waals surface area (Å²) in [7, 11) is 0. The summed E-state index contributed by atoms with van der Waals surface area (Å²) in [5.74, 6) is 0.334. The number of nitrogens with two attached hydrogens (primary N) is 1. The van der Waals surface area contributed by atoms with Crippen molar-refractivity contribution < 1.29 is 0 Å². The Labute approximate surface area is 81.8 Å². The van der Waals surface area contributed by atoms with Gasteiger partial charge in [0.25, 0.3) is 0 Å². The van der Waals surface area contributed by atoms with E-state index in [0.29, 0.717) is 5.84 Å². The minimum Gasteiger partial charge on any atom is -0.388 e. The molecular weight excluding hydrogens is 172 g/mol. The summed E-state index contributed by atoms with van der Waals surface area (Å²) in [4.78, 5) is 0. The molecule has 0 aliphatic heterocycles. The van der Waals surface area contributed by atoms with Crippen LogP contribution in [0, 0.1) is 5.41 Å². The molecule has 0 heterocycles. The molecule has 0 aromatic heterocycles. The van der Waals surface area contributed by atoms with E-state index in [1.807, 2.05) is 0 Å². The summed E-state index contributed by atoms with van der Waals surface area (Å²) in [6.07, 6.45) is 8.41. The van der Waals surface area contributed by atoms with Crippen LogP contribution in [0.15, 0.2) is 0 Å². The zero-order valence-corrected chi connectivity index (χ0v) is 8.75. The second-order valence-corrected chi connectivity index (χ2v) is 3.04. The summed E-state index contributed by atoms with van der Waals surface area (Å²) < 4.78 is 0. The first-order valence-electron chi connectivity index (χ1n) is 4.60. The lowest BCUT2D eigenvalue weighted by Gasteiger charge is -1.98. The molecule has 3 heteroatoms. The molecule has 0 aliphatic carbocycles. The first kappa shape index (κ1) is 14.3. The van der Waals surface area contributed by atoms with Crippen LogP contribution in [0.2, 0.25) is 0 Å². The molecule has 0 aliphatic rings. The molecule has 0 radical (unpaired) electrons. The molecule has 0 aromatic rings.